The number of halogens is 2. The topological polar surface area (TPSA) is 4.93 Å². The predicted molar refractivity (Wildman–Crippen MR) is 75.0 cm³/mol. The second-order valence-electron chi connectivity index (χ2n) is 4.20. The molecule has 1 heterocycles. The summed E-state index contributed by atoms with van der Waals surface area (Å²) in [4.78, 5) is 0. The highest BCUT2D eigenvalue weighted by atomic mass is 35.5. The van der Waals surface area contributed by atoms with Crippen LogP contribution in [0.15, 0.2) is 36.4 Å². The van der Waals surface area contributed by atoms with Crippen LogP contribution in [0.5, 0.6) is 0 Å². The molecule has 0 bridgehead atoms. The molecule has 0 N–H and O–H groups in total. The molecule has 1 aromatic heterocycles. The molecule has 0 aliphatic carbocycles. The molecule has 2 rings (SSSR count). The molecule has 1 nitrogen and oxygen atoms in total. The lowest BCUT2D eigenvalue weighted by Crippen LogP contribution is -1.99. The Hall–Kier alpha value is -1.54. The van der Waals surface area contributed by atoms with Gasteiger partial charge < -0.3 is 4.57 Å². The zero-order chi connectivity index (χ0) is 13.1. The fraction of sp³-hybridized carbons (Fsp3) is 0.200. The van der Waals surface area contributed by atoms with E-state index in [0.29, 0.717) is 5.88 Å². The molecule has 0 saturated carbocycles. The van der Waals surface area contributed by atoms with Gasteiger partial charge in [-0.1, -0.05) is 18.2 Å². The van der Waals surface area contributed by atoms with E-state index in [-0.39, 0.29) is 5.82 Å². The molecule has 1 aromatic carbocycles. The Morgan fingerprint density at radius 1 is 1.28 bits per heavy atom. The van der Waals surface area contributed by atoms with Crippen LogP contribution in [-0.4, -0.2) is 10.4 Å². The number of rotatable bonds is 3. The van der Waals surface area contributed by atoms with Crippen molar-refractivity contribution in [2.75, 3.05) is 5.88 Å². The largest absolute Gasteiger partial charge is 0.318 e. The Labute approximate surface area is 112 Å². The van der Waals surface area contributed by atoms with Crippen molar-refractivity contribution in [3.63, 3.8) is 0 Å². The lowest BCUT2D eigenvalue weighted by Gasteiger charge is -2.09. The summed E-state index contributed by atoms with van der Waals surface area (Å²) < 4.78 is 15.3. The van der Waals surface area contributed by atoms with Crippen molar-refractivity contribution in [1.29, 1.82) is 0 Å². The van der Waals surface area contributed by atoms with Gasteiger partial charge in [-0.15, -0.1) is 11.6 Å². The van der Waals surface area contributed by atoms with Crippen LogP contribution in [0.4, 0.5) is 4.39 Å². The molecule has 0 radical (unpaired) electrons. The molecule has 94 valence electrons. The van der Waals surface area contributed by atoms with E-state index in [2.05, 4.69) is 6.07 Å². The summed E-state index contributed by atoms with van der Waals surface area (Å²) in [5, 5.41) is 0. The Morgan fingerprint density at radius 2 is 2.06 bits per heavy atom. The van der Waals surface area contributed by atoms with Gasteiger partial charge in [0.2, 0.25) is 0 Å². The highest BCUT2D eigenvalue weighted by Crippen LogP contribution is 2.22. The van der Waals surface area contributed by atoms with Crippen molar-refractivity contribution in [3.8, 4) is 5.69 Å². The van der Waals surface area contributed by atoms with Gasteiger partial charge in [0.15, 0.2) is 0 Å². The third-order valence-corrected chi connectivity index (χ3v) is 3.10. The van der Waals surface area contributed by atoms with Gasteiger partial charge >= 0.3 is 0 Å². The Morgan fingerprint density at radius 3 is 2.72 bits per heavy atom. The van der Waals surface area contributed by atoms with E-state index < -0.39 is 0 Å². The molecule has 0 aliphatic rings. The molecule has 2 aromatic rings. The lowest BCUT2D eigenvalue weighted by atomic mass is 10.2. The van der Waals surface area contributed by atoms with Crippen LogP contribution in [0.2, 0.25) is 0 Å². The van der Waals surface area contributed by atoms with Gasteiger partial charge in [0.05, 0.1) is 0 Å². The Kier molecular flexibility index (Phi) is 3.87. The van der Waals surface area contributed by atoms with E-state index in [1.165, 1.54) is 12.1 Å². The minimum atomic E-state index is -0.224. The lowest BCUT2D eigenvalue weighted by molar-refractivity contribution is 0.626. The number of hydrogen-bond acceptors (Lipinski definition) is 0. The maximum absolute atomic E-state index is 13.3. The molecule has 0 atom stereocenters. The first-order chi connectivity index (χ1) is 8.63. The first-order valence-corrected chi connectivity index (χ1v) is 6.34. The smallest absolute Gasteiger partial charge is 0.125 e. The van der Waals surface area contributed by atoms with E-state index in [1.807, 2.05) is 36.6 Å². The normalized spacial score (nSPS) is 11.3. The van der Waals surface area contributed by atoms with Crippen LogP contribution in [-0.2, 0) is 0 Å². The van der Waals surface area contributed by atoms with Crippen molar-refractivity contribution in [3.05, 3.63) is 59.2 Å². The van der Waals surface area contributed by atoms with Gasteiger partial charge in [0, 0.05) is 23.0 Å². The first-order valence-electron chi connectivity index (χ1n) is 5.81. The van der Waals surface area contributed by atoms with Crippen LogP contribution >= 0.6 is 11.6 Å². The molecule has 0 aliphatic heterocycles. The minimum absolute atomic E-state index is 0.224. The second-order valence-corrected chi connectivity index (χ2v) is 4.51. The number of aromatic nitrogens is 1. The number of allylic oxidation sites excluding steroid dienone is 1. The zero-order valence-corrected chi connectivity index (χ0v) is 11.2. The molecule has 18 heavy (non-hydrogen) atoms. The maximum Gasteiger partial charge on any atom is 0.125 e. The number of hydrogen-bond donors (Lipinski definition) is 0. The summed E-state index contributed by atoms with van der Waals surface area (Å²) in [5.41, 5.74) is 4.11. The van der Waals surface area contributed by atoms with Gasteiger partial charge in [-0.3, -0.25) is 0 Å². The maximum atomic E-state index is 13.3. The summed E-state index contributed by atoms with van der Waals surface area (Å²) in [6.07, 6.45) is 3.89. The Balaban J connectivity index is 2.52. The van der Waals surface area contributed by atoms with E-state index >= 15 is 0 Å². The molecular weight excluding hydrogens is 249 g/mol. The summed E-state index contributed by atoms with van der Waals surface area (Å²) in [6.45, 7) is 4.03. The average molecular weight is 264 g/mol. The fourth-order valence-corrected chi connectivity index (χ4v) is 2.23. The van der Waals surface area contributed by atoms with Crippen LogP contribution in [0, 0.1) is 19.7 Å². The minimum Gasteiger partial charge on any atom is -0.318 e. The molecule has 0 amide bonds. The summed E-state index contributed by atoms with van der Waals surface area (Å²) >= 11 is 5.64. The van der Waals surface area contributed by atoms with Crippen LogP contribution in [0.1, 0.15) is 17.0 Å². The molecule has 0 unspecified atom stereocenters. The van der Waals surface area contributed by atoms with E-state index in [9.17, 15) is 4.39 Å². The number of aryl methyl sites for hydroxylation is 1. The van der Waals surface area contributed by atoms with E-state index in [0.717, 1.165) is 22.6 Å². The summed E-state index contributed by atoms with van der Waals surface area (Å²) in [5.74, 6) is 0.266. The van der Waals surface area contributed by atoms with Crippen molar-refractivity contribution in [1.82, 2.24) is 4.57 Å². The van der Waals surface area contributed by atoms with Crippen molar-refractivity contribution < 1.29 is 4.39 Å². The van der Waals surface area contributed by atoms with Crippen LogP contribution in [0.25, 0.3) is 11.8 Å². The average Bonchev–Trinajstić information content (AvgIpc) is 2.62. The van der Waals surface area contributed by atoms with Gasteiger partial charge in [-0.05, 0) is 43.7 Å². The van der Waals surface area contributed by atoms with Crippen molar-refractivity contribution in [2.45, 2.75) is 13.8 Å². The predicted octanol–water partition coefficient (Wildman–Crippen LogP) is 4.49. The number of nitrogens with zero attached hydrogens (tertiary/aromatic N) is 1. The first kappa shape index (κ1) is 12.9. The molecule has 3 heteroatoms. The van der Waals surface area contributed by atoms with Crippen molar-refractivity contribution >= 4 is 17.7 Å². The quantitative estimate of drug-likeness (QED) is 0.720. The Bertz CT molecular complexity index is 584. The van der Waals surface area contributed by atoms with Crippen molar-refractivity contribution in [2.24, 2.45) is 0 Å². The van der Waals surface area contributed by atoms with Gasteiger partial charge in [-0.2, -0.15) is 0 Å². The summed E-state index contributed by atoms with van der Waals surface area (Å²) in [6, 6.07) is 8.68. The monoisotopic (exact) mass is 263 g/mol. The SMILES string of the molecule is Cc1cc(C=CCCl)c(C)n1-c1cccc(F)c1. The highest BCUT2D eigenvalue weighted by Gasteiger charge is 2.09. The standard InChI is InChI=1S/C15H15ClFN/c1-11-9-13(5-4-8-16)12(2)18(11)15-7-3-6-14(17)10-15/h3-7,9-10H,8H2,1-2H3. The van der Waals surface area contributed by atoms with E-state index in [4.69, 9.17) is 11.6 Å². The second kappa shape index (κ2) is 5.40. The van der Waals surface area contributed by atoms with Crippen LogP contribution < -0.4 is 0 Å². The number of benzene rings is 1. The van der Waals surface area contributed by atoms with E-state index in [1.54, 1.807) is 6.07 Å². The molecule has 0 saturated heterocycles. The highest BCUT2D eigenvalue weighted by molar-refractivity contribution is 6.19. The number of alkyl halides is 1. The zero-order valence-electron chi connectivity index (χ0n) is 10.5. The molecule has 0 spiro atoms. The molecule has 0 fully saturated rings. The van der Waals surface area contributed by atoms with Gasteiger partial charge in [0.25, 0.3) is 0 Å². The van der Waals surface area contributed by atoms with Gasteiger partial charge in [0.1, 0.15) is 5.82 Å². The van der Waals surface area contributed by atoms with Crippen LogP contribution in [0.3, 0.4) is 0 Å². The summed E-state index contributed by atoms with van der Waals surface area (Å²) in [7, 11) is 0. The molecular formula is C15H15ClFN. The third kappa shape index (κ3) is 2.49. The fourth-order valence-electron chi connectivity index (χ4n) is 2.14. The van der Waals surface area contributed by atoms with Gasteiger partial charge in [-0.25, -0.2) is 4.39 Å². The third-order valence-electron chi connectivity index (χ3n) is 2.92.